The Morgan fingerprint density at radius 3 is 2.69 bits per heavy atom. The normalized spacial score (nSPS) is 10.8. The zero-order valence-electron chi connectivity index (χ0n) is 8.11. The first-order valence-corrected chi connectivity index (χ1v) is 4.87. The number of rotatable bonds is 5. The summed E-state index contributed by atoms with van der Waals surface area (Å²) in [5, 5.41) is 0. The average molecular weight is 176 g/mol. The molecule has 0 aliphatic heterocycles. The summed E-state index contributed by atoms with van der Waals surface area (Å²) in [6.45, 7) is 2.21. The molecule has 0 aromatic carbocycles. The SMILES string of the molecule is CCCCC/C=C/c1ncccn1. The van der Waals surface area contributed by atoms with Gasteiger partial charge in [0.05, 0.1) is 0 Å². The molecule has 0 amide bonds. The fourth-order valence-electron chi connectivity index (χ4n) is 1.10. The van der Waals surface area contributed by atoms with Crippen molar-refractivity contribution in [2.24, 2.45) is 0 Å². The second-order valence-electron chi connectivity index (χ2n) is 3.01. The zero-order chi connectivity index (χ0) is 9.36. The summed E-state index contributed by atoms with van der Waals surface area (Å²) >= 11 is 0. The van der Waals surface area contributed by atoms with Crippen molar-refractivity contribution in [3.05, 3.63) is 30.4 Å². The van der Waals surface area contributed by atoms with Crippen LogP contribution >= 0.6 is 0 Å². The van der Waals surface area contributed by atoms with E-state index in [1.807, 2.05) is 12.1 Å². The van der Waals surface area contributed by atoms with E-state index in [1.54, 1.807) is 12.4 Å². The van der Waals surface area contributed by atoms with Crippen LogP contribution in [0, 0.1) is 0 Å². The van der Waals surface area contributed by atoms with E-state index in [2.05, 4.69) is 23.0 Å². The maximum Gasteiger partial charge on any atom is 0.151 e. The van der Waals surface area contributed by atoms with E-state index >= 15 is 0 Å². The molecule has 2 nitrogen and oxygen atoms in total. The number of aromatic nitrogens is 2. The van der Waals surface area contributed by atoms with Crippen LogP contribution < -0.4 is 0 Å². The van der Waals surface area contributed by atoms with Crippen LogP contribution in [0.5, 0.6) is 0 Å². The third kappa shape index (κ3) is 4.41. The van der Waals surface area contributed by atoms with Gasteiger partial charge >= 0.3 is 0 Å². The van der Waals surface area contributed by atoms with Gasteiger partial charge in [0.2, 0.25) is 0 Å². The number of hydrogen-bond donors (Lipinski definition) is 0. The molecule has 0 fully saturated rings. The molecule has 0 radical (unpaired) electrons. The van der Waals surface area contributed by atoms with E-state index in [0.717, 1.165) is 12.2 Å². The highest BCUT2D eigenvalue weighted by atomic mass is 14.8. The quantitative estimate of drug-likeness (QED) is 0.644. The van der Waals surface area contributed by atoms with Gasteiger partial charge in [0.15, 0.2) is 5.82 Å². The molecule has 1 aromatic rings. The molecule has 2 heteroatoms. The van der Waals surface area contributed by atoms with E-state index in [0.29, 0.717) is 0 Å². The van der Waals surface area contributed by atoms with Crippen LogP contribution in [0.15, 0.2) is 24.5 Å². The smallest absolute Gasteiger partial charge is 0.151 e. The lowest BCUT2D eigenvalue weighted by Crippen LogP contribution is -1.82. The van der Waals surface area contributed by atoms with Gasteiger partial charge in [-0.2, -0.15) is 0 Å². The first kappa shape index (κ1) is 9.90. The Bertz CT molecular complexity index is 242. The fraction of sp³-hybridized carbons (Fsp3) is 0.455. The van der Waals surface area contributed by atoms with Gasteiger partial charge < -0.3 is 0 Å². The highest BCUT2D eigenvalue weighted by Gasteiger charge is 1.85. The Morgan fingerprint density at radius 1 is 1.23 bits per heavy atom. The zero-order valence-corrected chi connectivity index (χ0v) is 8.11. The number of unbranched alkanes of at least 4 members (excludes halogenated alkanes) is 3. The van der Waals surface area contributed by atoms with E-state index in [1.165, 1.54) is 19.3 Å². The van der Waals surface area contributed by atoms with Crippen LogP contribution in [0.4, 0.5) is 0 Å². The molecular formula is C11H16N2. The third-order valence-corrected chi connectivity index (χ3v) is 1.83. The molecular weight excluding hydrogens is 160 g/mol. The Balaban J connectivity index is 2.25. The van der Waals surface area contributed by atoms with Gasteiger partial charge in [0, 0.05) is 12.4 Å². The fourth-order valence-corrected chi connectivity index (χ4v) is 1.10. The van der Waals surface area contributed by atoms with Crippen molar-refractivity contribution in [1.29, 1.82) is 0 Å². The maximum absolute atomic E-state index is 4.10. The van der Waals surface area contributed by atoms with Gasteiger partial charge in [-0.1, -0.05) is 25.8 Å². The predicted octanol–water partition coefficient (Wildman–Crippen LogP) is 3.07. The molecule has 13 heavy (non-hydrogen) atoms. The average Bonchev–Trinajstić information content (AvgIpc) is 2.19. The summed E-state index contributed by atoms with van der Waals surface area (Å²) in [5.41, 5.74) is 0. The Hall–Kier alpha value is -1.18. The summed E-state index contributed by atoms with van der Waals surface area (Å²) < 4.78 is 0. The number of nitrogens with zero attached hydrogens (tertiary/aromatic N) is 2. The van der Waals surface area contributed by atoms with Gasteiger partial charge in [0.25, 0.3) is 0 Å². The molecule has 0 unspecified atom stereocenters. The Morgan fingerprint density at radius 2 is 2.00 bits per heavy atom. The summed E-state index contributed by atoms with van der Waals surface area (Å²) in [4.78, 5) is 8.20. The summed E-state index contributed by atoms with van der Waals surface area (Å²) in [5.74, 6) is 0.805. The molecule has 70 valence electrons. The van der Waals surface area contributed by atoms with Crippen LogP contribution in [-0.4, -0.2) is 9.97 Å². The minimum atomic E-state index is 0.805. The minimum Gasteiger partial charge on any atom is -0.237 e. The van der Waals surface area contributed by atoms with Crippen LogP contribution in [0.25, 0.3) is 6.08 Å². The minimum absolute atomic E-state index is 0.805. The molecule has 1 heterocycles. The standard InChI is InChI=1S/C11H16N2/c1-2-3-4-5-6-8-11-12-9-7-10-13-11/h6-10H,2-5H2,1H3/b8-6+. The lowest BCUT2D eigenvalue weighted by molar-refractivity contribution is 0.730. The van der Waals surface area contributed by atoms with Crippen molar-refractivity contribution in [1.82, 2.24) is 9.97 Å². The monoisotopic (exact) mass is 176 g/mol. The maximum atomic E-state index is 4.10. The third-order valence-electron chi connectivity index (χ3n) is 1.83. The predicted molar refractivity (Wildman–Crippen MR) is 55.2 cm³/mol. The van der Waals surface area contributed by atoms with Crippen molar-refractivity contribution in [2.45, 2.75) is 32.6 Å². The lowest BCUT2D eigenvalue weighted by Gasteiger charge is -1.91. The van der Waals surface area contributed by atoms with Crippen molar-refractivity contribution in [2.75, 3.05) is 0 Å². The Kier molecular flexibility index (Phi) is 4.84. The molecule has 1 aromatic heterocycles. The van der Waals surface area contributed by atoms with E-state index in [-0.39, 0.29) is 0 Å². The van der Waals surface area contributed by atoms with Crippen molar-refractivity contribution < 1.29 is 0 Å². The van der Waals surface area contributed by atoms with Gasteiger partial charge in [-0.05, 0) is 25.0 Å². The van der Waals surface area contributed by atoms with Gasteiger partial charge in [-0.15, -0.1) is 0 Å². The van der Waals surface area contributed by atoms with Gasteiger partial charge in [-0.3, -0.25) is 0 Å². The van der Waals surface area contributed by atoms with E-state index in [4.69, 9.17) is 0 Å². The first-order chi connectivity index (χ1) is 6.43. The molecule has 0 N–H and O–H groups in total. The number of hydrogen-bond acceptors (Lipinski definition) is 2. The highest BCUT2D eigenvalue weighted by molar-refractivity contribution is 5.38. The molecule has 0 aliphatic rings. The topological polar surface area (TPSA) is 25.8 Å². The van der Waals surface area contributed by atoms with Crippen molar-refractivity contribution in [3.63, 3.8) is 0 Å². The van der Waals surface area contributed by atoms with Gasteiger partial charge in [-0.25, -0.2) is 9.97 Å². The summed E-state index contributed by atoms with van der Waals surface area (Å²) in [6, 6.07) is 1.83. The van der Waals surface area contributed by atoms with Crippen LogP contribution in [0.2, 0.25) is 0 Å². The van der Waals surface area contributed by atoms with Crippen LogP contribution in [0.1, 0.15) is 38.4 Å². The van der Waals surface area contributed by atoms with Crippen molar-refractivity contribution in [3.8, 4) is 0 Å². The first-order valence-electron chi connectivity index (χ1n) is 4.87. The molecule has 0 aliphatic carbocycles. The highest BCUT2D eigenvalue weighted by Crippen LogP contribution is 2.01. The molecule has 0 saturated carbocycles. The largest absolute Gasteiger partial charge is 0.237 e. The molecule has 0 bridgehead atoms. The molecule has 0 saturated heterocycles. The molecule has 0 atom stereocenters. The number of allylic oxidation sites excluding steroid dienone is 1. The molecule has 0 spiro atoms. The van der Waals surface area contributed by atoms with Crippen LogP contribution in [-0.2, 0) is 0 Å². The second-order valence-corrected chi connectivity index (χ2v) is 3.01. The van der Waals surface area contributed by atoms with Crippen molar-refractivity contribution >= 4 is 6.08 Å². The second kappa shape index (κ2) is 6.35. The van der Waals surface area contributed by atoms with E-state index in [9.17, 15) is 0 Å². The van der Waals surface area contributed by atoms with Gasteiger partial charge in [0.1, 0.15) is 0 Å². The Labute approximate surface area is 79.7 Å². The molecule has 1 rings (SSSR count). The summed E-state index contributed by atoms with van der Waals surface area (Å²) in [6.07, 6.45) is 12.6. The van der Waals surface area contributed by atoms with Crippen LogP contribution in [0.3, 0.4) is 0 Å². The lowest BCUT2D eigenvalue weighted by atomic mass is 10.2. The summed E-state index contributed by atoms with van der Waals surface area (Å²) in [7, 11) is 0. The van der Waals surface area contributed by atoms with E-state index < -0.39 is 0 Å².